The molecule has 1 amide bonds. The molecule has 10 nitrogen and oxygen atoms in total. The Morgan fingerprint density at radius 3 is 2.49 bits per heavy atom. The van der Waals surface area contributed by atoms with Crippen LogP contribution < -0.4 is 10.2 Å². The van der Waals surface area contributed by atoms with E-state index in [9.17, 15) is 26.4 Å². The number of alkyl halides is 3. The highest BCUT2D eigenvalue weighted by atomic mass is 32.2. The average molecular weight is 663 g/mol. The first-order valence-corrected chi connectivity index (χ1v) is 17.5. The summed E-state index contributed by atoms with van der Waals surface area (Å²) in [4.78, 5) is 27.5. The molecule has 1 aromatic carbocycles. The summed E-state index contributed by atoms with van der Waals surface area (Å²) >= 11 is 0.706. The number of hydrogen-bond acceptors (Lipinski definition) is 10. The van der Waals surface area contributed by atoms with Crippen molar-refractivity contribution in [3.05, 3.63) is 46.5 Å². The molecule has 4 aliphatic rings. The fourth-order valence-corrected chi connectivity index (χ4v) is 9.57. The number of thiophene rings is 1. The van der Waals surface area contributed by atoms with Gasteiger partial charge in [0.2, 0.25) is 5.95 Å². The van der Waals surface area contributed by atoms with Crippen molar-refractivity contribution in [1.82, 2.24) is 19.8 Å². The van der Waals surface area contributed by atoms with E-state index >= 15 is 0 Å². The number of hydrogen-bond donors (Lipinski definition) is 1. The Hall–Kier alpha value is -3.27. The Kier molecular flexibility index (Phi) is 7.57. The second kappa shape index (κ2) is 11.2. The van der Waals surface area contributed by atoms with Gasteiger partial charge in [0.1, 0.15) is 10.4 Å². The lowest BCUT2D eigenvalue weighted by molar-refractivity contribution is -0.137. The van der Waals surface area contributed by atoms with Crippen LogP contribution in [0.2, 0.25) is 0 Å². The first-order chi connectivity index (χ1) is 21.4. The van der Waals surface area contributed by atoms with Gasteiger partial charge in [-0.25, -0.2) is 18.4 Å². The molecule has 0 aliphatic carbocycles. The molecule has 3 saturated heterocycles. The number of halogens is 3. The molecule has 45 heavy (non-hydrogen) atoms. The number of piperazine rings is 1. The van der Waals surface area contributed by atoms with Crippen LogP contribution in [0.3, 0.4) is 0 Å². The predicted molar refractivity (Wildman–Crippen MR) is 164 cm³/mol. The smallest absolute Gasteiger partial charge is 0.377 e. The van der Waals surface area contributed by atoms with E-state index in [0.29, 0.717) is 41.7 Å². The number of sulfone groups is 1. The molecule has 2 atom stereocenters. The fourth-order valence-electron chi connectivity index (χ4n) is 6.66. The topological polar surface area (TPSA) is 108 Å². The van der Waals surface area contributed by atoms with Gasteiger partial charge >= 0.3 is 6.18 Å². The molecule has 2 aromatic heterocycles. The van der Waals surface area contributed by atoms with Crippen LogP contribution in [-0.2, 0) is 27.2 Å². The largest absolute Gasteiger partial charge is 0.420 e. The third-order valence-corrected chi connectivity index (χ3v) is 12.4. The summed E-state index contributed by atoms with van der Waals surface area (Å²) in [6, 6.07) is 7.93. The molecule has 6 heterocycles. The Balaban J connectivity index is 1.22. The van der Waals surface area contributed by atoms with E-state index in [1.807, 2.05) is 19.1 Å². The number of nitrogens with one attached hydrogen (secondary N) is 1. The number of rotatable bonds is 6. The van der Waals surface area contributed by atoms with Crippen LogP contribution >= 0.6 is 11.3 Å². The molecule has 0 spiro atoms. The highest BCUT2D eigenvalue weighted by Gasteiger charge is 2.41. The van der Waals surface area contributed by atoms with Gasteiger partial charge in [0, 0.05) is 49.3 Å². The molecule has 0 unspecified atom stereocenters. The van der Waals surface area contributed by atoms with Gasteiger partial charge in [-0.15, -0.1) is 11.3 Å². The van der Waals surface area contributed by atoms with Crippen molar-refractivity contribution < 1.29 is 31.1 Å². The lowest BCUT2D eigenvalue weighted by Crippen LogP contribution is -2.52. The van der Waals surface area contributed by atoms with Gasteiger partial charge in [-0.2, -0.15) is 13.2 Å². The van der Waals surface area contributed by atoms with Crippen LogP contribution in [0, 0.1) is 0 Å². The third kappa shape index (κ3) is 5.47. The van der Waals surface area contributed by atoms with Crippen molar-refractivity contribution in [2.75, 3.05) is 55.9 Å². The minimum absolute atomic E-state index is 0.00414. The zero-order chi connectivity index (χ0) is 31.7. The summed E-state index contributed by atoms with van der Waals surface area (Å²) in [6.45, 7) is 4.47. The summed E-state index contributed by atoms with van der Waals surface area (Å²) in [5, 5.41) is 3.09. The number of anilines is 3. The average Bonchev–Trinajstić information content (AvgIpc) is 3.47. The number of nitrogens with zero attached hydrogens (tertiary/aromatic N) is 5. The number of aromatic nitrogens is 2. The first kappa shape index (κ1) is 30.4. The van der Waals surface area contributed by atoms with Crippen LogP contribution in [0.4, 0.5) is 30.5 Å². The molecule has 7 rings (SSSR count). The Morgan fingerprint density at radius 2 is 1.84 bits per heavy atom. The molecule has 3 aromatic rings. The normalized spacial score (nSPS) is 23.5. The van der Waals surface area contributed by atoms with E-state index in [2.05, 4.69) is 38.2 Å². The van der Waals surface area contributed by atoms with Gasteiger partial charge in [-0.1, -0.05) is 6.92 Å². The number of ether oxygens (including phenoxy) is 1. The quantitative estimate of drug-likeness (QED) is 0.410. The number of likely N-dealkylation sites (N-methyl/N-ethyl adjacent to an activating group) is 1. The first-order valence-electron chi connectivity index (χ1n) is 15.0. The fraction of sp³-hybridized carbons (Fsp3) is 0.500. The van der Waals surface area contributed by atoms with E-state index in [1.165, 1.54) is 17.7 Å². The number of benzene rings is 1. The minimum atomic E-state index is -4.81. The van der Waals surface area contributed by atoms with Crippen LogP contribution in [0.1, 0.15) is 40.6 Å². The van der Waals surface area contributed by atoms with Crippen LogP contribution in [0.25, 0.3) is 10.6 Å². The maximum absolute atomic E-state index is 14.2. The molecule has 240 valence electrons. The van der Waals surface area contributed by atoms with Gasteiger partial charge in [-0.3, -0.25) is 9.69 Å². The predicted octanol–water partition coefficient (Wildman–Crippen LogP) is 4.44. The Morgan fingerprint density at radius 1 is 1.11 bits per heavy atom. The molecule has 4 aliphatic heterocycles. The zero-order valence-corrected chi connectivity index (χ0v) is 26.4. The van der Waals surface area contributed by atoms with Crippen molar-refractivity contribution in [1.29, 1.82) is 0 Å². The highest BCUT2D eigenvalue weighted by molar-refractivity contribution is 7.91. The van der Waals surface area contributed by atoms with E-state index in [1.54, 1.807) is 0 Å². The van der Waals surface area contributed by atoms with E-state index in [4.69, 9.17) is 4.74 Å². The van der Waals surface area contributed by atoms with E-state index in [-0.39, 0.29) is 52.2 Å². The van der Waals surface area contributed by atoms with Gasteiger partial charge in [-0.05, 0) is 56.1 Å². The molecule has 2 bridgehead atoms. The number of carbonyl (C=O) groups is 1. The Labute approximate surface area is 263 Å². The second-order valence-corrected chi connectivity index (χ2v) is 15.2. The number of fused-ring (bicyclic) bond motifs is 3. The zero-order valence-electron chi connectivity index (χ0n) is 24.8. The van der Waals surface area contributed by atoms with E-state index in [0.717, 1.165) is 30.4 Å². The summed E-state index contributed by atoms with van der Waals surface area (Å²) < 4.78 is 74.1. The van der Waals surface area contributed by atoms with Crippen LogP contribution in [0.5, 0.6) is 0 Å². The van der Waals surface area contributed by atoms with Crippen molar-refractivity contribution in [3.63, 3.8) is 0 Å². The lowest BCUT2D eigenvalue weighted by Gasteiger charge is -2.40. The standard InChI is InChI=1S/C30H33F3N6O4S2/c1-3-17-10-18(38-13-19-4-5-20(14-38)37(19)2)6-7-23(17)35-29-34-12-22(30(31,32)33)26(36-29)24-11-25-27(44-24)28(40)39(21-15-43-16-21)8-9-45(25,41)42/h6-7,10-12,19-21H,3-5,8-9,13-16H2,1-2H3,(H,34,35,36)/t19-,20+. The number of aryl methyl sites for hydroxylation is 1. The lowest BCUT2D eigenvalue weighted by atomic mass is 10.1. The van der Waals surface area contributed by atoms with Crippen molar-refractivity contribution in [2.45, 2.75) is 55.4 Å². The monoisotopic (exact) mass is 662 g/mol. The van der Waals surface area contributed by atoms with Crippen molar-refractivity contribution in [2.24, 2.45) is 0 Å². The minimum Gasteiger partial charge on any atom is -0.377 e. The van der Waals surface area contributed by atoms with Gasteiger partial charge < -0.3 is 19.9 Å². The van der Waals surface area contributed by atoms with Gasteiger partial charge in [0.25, 0.3) is 5.91 Å². The third-order valence-electron chi connectivity index (χ3n) is 9.41. The van der Waals surface area contributed by atoms with Gasteiger partial charge in [0.15, 0.2) is 9.84 Å². The molecular formula is C30H33F3N6O4S2. The number of carbonyl (C=O) groups excluding carboxylic acids is 1. The SMILES string of the molecule is CCc1cc(N2C[C@H]3CC[C@@H](C2)N3C)ccc1Nc1ncc(C(F)(F)F)c(-c2cc3c(s2)C(=O)N(C2COC2)CCS3(=O)=O)n1. The summed E-state index contributed by atoms with van der Waals surface area (Å²) in [5.41, 5.74) is 1.13. The summed E-state index contributed by atoms with van der Waals surface area (Å²) in [6.07, 6.45) is -1.07. The maximum Gasteiger partial charge on any atom is 0.420 e. The van der Waals surface area contributed by atoms with Crippen LogP contribution in [0.15, 0.2) is 35.4 Å². The summed E-state index contributed by atoms with van der Waals surface area (Å²) in [7, 11) is -1.74. The maximum atomic E-state index is 14.2. The molecule has 3 fully saturated rings. The van der Waals surface area contributed by atoms with Crippen LogP contribution in [-0.4, -0.2) is 97.9 Å². The van der Waals surface area contributed by atoms with Crippen molar-refractivity contribution >= 4 is 44.4 Å². The second-order valence-electron chi connectivity index (χ2n) is 12.0. The molecular weight excluding hydrogens is 629 g/mol. The Bertz CT molecular complexity index is 1750. The van der Waals surface area contributed by atoms with E-state index < -0.39 is 33.2 Å². The van der Waals surface area contributed by atoms with Crippen molar-refractivity contribution in [3.8, 4) is 10.6 Å². The molecule has 15 heteroatoms. The molecule has 1 N–H and O–H groups in total. The highest BCUT2D eigenvalue weighted by Crippen LogP contribution is 2.43. The number of amides is 1. The molecule has 0 radical (unpaired) electrons. The summed E-state index contributed by atoms with van der Waals surface area (Å²) in [5.74, 6) is -0.923. The molecule has 0 saturated carbocycles. The van der Waals surface area contributed by atoms with Gasteiger partial charge in [0.05, 0.1) is 40.5 Å².